The molecule has 1 amide bonds. The lowest BCUT2D eigenvalue weighted by atomic mass is 9.92. The first-order chi connectivity index (χ1) is 8.06. The Kier molecular flexibility index (Phi) is 3.41. The molecule has 0 spiro atoms. The highest BCUT2D eigenvalue weighted by Gasteiger charge is 2.26. The maximum Gasteiger partial charge on any atom is 0.272 e. The molecule has 0 aliphatic carbocycles. The third-order valence-corrected chi connectivity index (χ3v) is 3.09. The molecule has 92 valence electrons. The molecule has 2 atom stereocenters. The van der Waals surface area contributed by atoms with Gasteiger partial charge in [-0.2, -0.15) is 4.39 Å². The standard InChI is InChI=1S/C13H17FN2O/c1-9-6-10(2)8-16(7-9)13(17)11-4-3-5-12(14)15-11/h3-5,9-10H,6-8H2,1-2H3. The zero-order valence-corrected chi connectivity index (χ0v) is 10.2. The quantitative estimate of drug-likeness (QED) is 0.701. The Morgan fingerprint density at radius 3 is 2.59 bits per heavy atom. The van der Waals surface area contributed by atoms with Gasteiger partial charge in [-0.15, -0.1) is 0 Å². The second-order valence-electron chi connectivity index (χ2n) is 5.00. The molecule has 1 aromatic heterocycles. The predicted molar refractivity (Wildman–Crippen MR) is 63.0 cm³/mol. The smallest absolute Gasteiger partial charge is 0.272 e. The number of nitrogens with zero attached hydrogens (tertiary/aromatic N) is 2. The summed E-state index contributed by atoms with van der Waals surface area (Å²) in [4.78, 5) is 17.6. The lowest BCUT2D eigenvalue weighted by Gasteiger charge is -2.34. The van der Waals surface area contributed by atoms with E-state index in [-0.39, 0.29) is 11.6 Å². The summed E-state index contributed by atoms with van der Waals surface area (Å²) in [6, 6.07) is 4.33. The van der Waals surface area contributed by atoms with Crippen molar-refractivity contribution in [2.24, 2.45) is 11.8 Å². The SMILES string of the molecule is CC1CC(C)CN(C(=O)c2cccc(F)n2)C1. The van der Waals surface area contributed by atoms with Crippen molar-refractivity contribution in [2.45, 2.75) is 20.3 Å². The van der Waals surface area contributed by atoms with Crippen LogP contribution in [0.1, 0.15) is 30.8 Å². The molecule has 1 saturated heterocycles. The Labute approximate surface area is 101 Å². The minimum Gasteiger partial charge on any atom is -0.337 e. The van der Waals surface area contributed by atoms with E-state index in [1.807, 2.05) is 0 Å². The molecule has 1 aliphatic rings. The number of likely N-dealkylation sites (tertiary alicyclic amines) is 1. The first-order valence-electron chi connectivity index (χ1n) is 5.98. The van der Waals surface area contributed by atoms with E-state index in [0.717, 1.165) is 19.5 Å². The molecule has 1 aromatic rings. The van der Waals surface area contributed by atoms with Crippen LogP contribution in [-0.2, 0) is 0 Å². The van der Waals surface area contributed by atoms with E-state index in [4.69, 9.17) is 0 Å². The van der Waals surface area contributed by atoms with Crippen molar-refractivity contribution in [3.8, 4) is 0 Å². The maximum atomic E-state index is 13.0. The van der Waals surface area contributed by atoms with E-state index in [1.165, 1.54) is 12.1 Å². The fourth-order valence-corrected chi connectivity index (χ4v) is 2.52. The van der Waals surface area contributed by atoms with Gasteiger partial charge in [-0.1, -0.05) is 19.9 Å². The molecular formula is C13H17FN2O. The summed E-state index contributed by atoms with van der Waals surface area (Å²) >= 11 is 0. The van der Waals surface area contributed by atoms with Crippen molar-refractivity contribution in [1.82, 2.24) is 9.88 Å². The van der Waals surface area contributed by atoms with Gasteiger partial charge in [-0.3, -0.25) is 4.79 Å². The lowest BCUT2D eigenvalue weighted by molar-refractivity contribution is 0.0616. The van der Waals surface area contributed by atoms with Gasteiger partial charge in [0.1, 0.15) is 5.69 Å². The van der Waals surface area contributed by atoms with Gasteiger partial charge in [-0.25, -0.2) is 4.98 Å². The maximum absolute atomic E-state index is 13.0. The minimum atomic E-state index is -0.603. The van der Waals surface area contributed by atoms with Crippen LogP contribution in [0.15, 0.2) is 18.2 Å². The number of carbonyl (C=O) groups is 1. The molecule has 0 bridgehead atoms. The molecule has 1 fully saturated rings. The van der Waals surface area contributed by atoms with Crippen molar-refractivity contribution in [2.75, 3.05) is 13.1 Å². The molecule has 17 heavy (non-hydrogen) atoms. The van der Waals surface area contributed by atoms with Crippen molar-refractivity contribution in [3.05, 3.63) is 29.8 Å². The molecule has 2 rings (SSSR count). The molecule has 0 saturated carbocycles. The van der Waals surface area contributed by atoms with Crippen LogP contribution in [0.2, 0.25) is 0 Å². The van der Waals surface area contributed by atoms with Crippen LogP contribution in [0.5, 0.6) is 0 Å². The molecule has 2 unspecified atom stereocenters. The number of rotatable bonds is 1. The van der Waals surface area contributed by atoms with Gasteiger partial charge in [0.15, 0.2) is 0 Å². The third kappa shape index (κ3) is 2.81. The van der Waals surface area contributed by atoms with E-state index in [0.29, 0.717) is 11.8 Å². The van der Waals surface area contributed by atoms with Crippen molar-refractivity contribution in [1.29, 1.82) is 0 Å². The molecular weight excluding hydrogens is 219 g/mol. The summed E-state index contributed by atoms with van der Waals surface area (Å²) in [7, 11) is 0. The molecule has 3 nitrogen and oxygen atoms in total. The van der Waals surface area contributed by atoms with Crippen molar-refractivity contribution in [3.63, 3.8) is 0 Å². The van der Waals surface area contributed by atoms with Crippen LogP contribution in [0.25, 0.3) is 0 Å². The highest BCUT2D eigenvalue weighted by atomic mass is 19.1. The normalized spacial score (nSPS) is 24.8. The summed E-state index contributed by atoms with van der Waals surface area (Å²) in [5.74, 6) is 0.226. The molecule has 0 N–H and O–H groups in total. The average molecular weight is 236 g/mol. The van der Waals surface area contributed by atoms with Crippen LogP contribution in [0, 0.1) is 17.8 Å². The number of hydrogen-bond donors (Lipinski definition) is 0. The van der Waals surface area contributed by atoms with E-state index in [2.05, 4.69) is 18.8 Å². The molecule has 2 heterocycles. The highest BCUT2D eigenvalue weighted by Crippen LogP contribution is 2.22. The monoisotopic (exact) mass is 236 g/mol. The van der Waals surface area contributed by atoms with E-state index >= 15 is 0 Å². The Morgan fingerprint density at radius 2 is 2.00 bits per heavy atom. The van der Waals surface area contributed by atoms with Gasteiger partial charge >= 0.3 is 0 Å². The Balaban J connectivity index is 2.14. The molecule has 0 aromatic carbocycles. The number of halogens is 1. The van der Waals surface area contributed by atoms with Crippen LogP contribution in [0.4, 0.5) is 4.39 Å². The van der Waals surface area contributed by atoms with Crippen LogP contribution in [0.3, 0.4) is 0 Å². The van der Waals surface area contributed by atoms with Crippen LogP contribution >= 0.6 is 0 Å². The number of piperidine rings is 1. The van der Waals surface area contributed by atoms with Gasteiger partial charge in [0.2, 0.25) is 5.95 Å². The number of pyridine rings is 1. The summed E-state index contributed by atoms with van der Waals surface area (Å²) in [5, 5.41) is 0. The van der Waals surface area contributed by atoms with Gasteiger partial charge in [0.25, 0.3) is 5.91 Å². The van der Waals surface area contributed by atoms with E-state index in [9.17, 15) is 9.18 Å². The van der Waals surface area contributed by atoms with Crippen molar-refractivity contribution >= 4 is 5.91 Å². The van der Waals surface area contributed by atoms with Gasteiger partial charge in [0.05, 0.1) is 0 Å². The third-order valence-electron chi connectivity index (χ3n) is 3.09. The van der Waals surface area contributed by atoms with Crippen LogP contribution < -0.4 is 0 Å². The number of aromatic nitrogens is 1. The number of carbonyl (C=O) groups excluding carboxylic acids is 1. The van der Waals surface area contributed by atoms with Gasteiger partial charge < -0.3 is 4.90 Å². The zero-order valence-electron chi connectivity index (χ0n) is 10.2. The number of hydrogen-bond acceptors (Lipinski definition) is 2. The fraction of sp³-hybridized carbons (Fsp3) is 0.538. The van der Waals surface area contributed by atoms with Gasteiger partial charge in [0, 0.05) is 13.1 Å². The molecule has 1 aliphatic heterocycles. The highest BCUT2D eigenvalue weighted by molar-refractivity contribution is 5.92. The first-order valence-corrected chi connectivity index (χ1v) is 5.98. The molecule has 0 radical (unpaired) electrons. The summed E-state index contributed by atoms with van der Waals surface area (Å²) in [6.45, 7) is 5.74. The Bertz CT molecular complexity index is 412. The van der Waals surface area contributed by atoms with E-state index < -0.39 is 5.95 Å². The minimum absolute atomic E-state index is 0.164. The van der Waals surface area contributed by atoms with Crippen LogP contribution in [-0.4, -0.2) is 28.9 Å². The largest absolute Gasteiger partial charge is 0.337 e. The van der Waals surface area contributed by atoms with E-state index in [1.54, 1.807) is 11.0 Å². The Morgan fingerprint density at radius 1 is 1.35 bits per heavy atom. The Hall–Kier alpha value is -1.45. The molecule has 4 heteroatoms. The zero-order chi connectivity index (χ0) is 12.4. The fourth-order valence-electron chi connectivity index (χ4n) is 2.52. The second-order valence-corrected chi connectivity index (χ2v) is 5.00. The summed E-state index contributed by atoms with van der Waals surface area (Å²) < 4.78 is 13.0. The van der Waals surface area contributed by atoms with Gasteiger partial charge in [-0.05, 0) is 30.4 Å². The predicted octanol–water partition coefficient (Wildman–Crippen LogP) is 2.34. The summed E-state index contributed by atoms with van der Waals surface area (Å²) in [6.07, 6.45) is 1.14. The average Bonchev–Trinajstić information content (AvgIpc) is 2.26. The lowest BCUT2D eigenvalue weighted by Crippen LogP contribution is -2.42. The second kappa shape index (κ2) is 4.82. The first kappa shape index (κ1) is 12.0. The number of amides is 1. The summed E-state index contributed by atoms with van der Waals surface area (Å²) in [5.41, 5.74) is 0.200. The topological polar surface area (TPSA) is 33.2 Å². The van der Waals surface area contributed by atoms with Crippen molar-refractivity contribution < 1.29 is 9.18 Å².